The van der Waals surface area contributed by atoms with E-state index in [1.165, 1.54) is 4.90 Å². The Kier molecular flexibility index (Phi) is 4.83. The van der Waals surface area contributed by atoms with Crippen molar-refractivity contribution in [1.29, 1.82) is 0 Å². The number of unbranched alkanes of at least 4 members (excludes halogenated alkanes) is 1. The summed E-state index contributed by atoms with van der Waals surface area (Å²) in [5, 5.41) is 0. The van der Waals surface area contributed by atoms with E-state index in [0.717, 1.165) is 19.1 Å². The van der Waals surface area contributed by atoms with Gasteiger partial charge in [-0.25, -0.2) is 0 Å². The molecule has 136 valence electrons. The maximum absolute atomic E-state index is 13.1. The Hall–Kier alpha value is -1.93. The van der Waals surface area contributed by atoms with E-state index < -0.39 is 22.3 Å². The van der Waals surface area contributed by atoms with E-state index in [9.17, 15) is 18.0 Å². The van der Waals surface area contributed by atoms with Gasteiger partial charge in [-0.15, -0.1) is 0 Å². The van der Waals surface area contributed by atoms with Gasteiger partial charge in [-0.3, -0.25) is 13.8 Å². The molecule has 8 heteroatoms. The van der Waals surface area contributed by atoms with Crippen molar-refractivity contribution < 1.29 is 22.2 Å². The Labute approximate surface area is 147 Å². The number of carbonyl (C=O) groups excluding carboxylic acids is 2. The second-order valence-corrected chi connectivity index (χ2v) is 8.09. The van der Waals surface area contributed by atoms with Crippen LogP contribution in [0.15, 0.2) is 24.3 Å². The molecule has 2 heterocycles. The maximum Gasteiger partial charge on any atom is 0.264 e. The molecular weight excluding hydrogens is 344 g/mol. The van der Waals surface area contributed by atoms with Crippen LogP contribution in [-0.4, -0.2) is 56.6 Å². The van der Waals surface area contributed by atoms with Crippen molar-refractivity contribution in [2.24, 2.45) is 0 Å². The van der Waals surface area contributed by atoms with Crippen molar-refractivity contribution in [3.63, 3.8) is 0 Å². The summed E-state index contributed by atoms with van der Waals surface area (Å²) in [6.07, 6.45) is 2.22. The van der Waals surface area contributed by atoms with Gasteiger partial charge in [-0.2, -0.15) is 8.42 Å². The molecule has 1 aromatic carbocycles. The van der Waals surface area contributed by atoms with Gasteiger partial charge in [0.15, 0.2) is 0 Å². The van der Waals surface area contributed by atoms with Gasteiger partial charge >= 0.3 is 0 Å². The zero-order valence-corrected chi connectivity index (χ0v) is 15.2. The van der Waals surface area contributed by atoms with Crippen LogP contribution >= 0.6 is 0 Å². The lowest BCUT2D eigenvalue weighted by molar-refractivity contribution is -0.122. The summed E-state index contributed by atoms with van der Waals surface area (Å²) in [5.41, 5.74) is 1.09. The van der Waals surface area contributed by atoms with E-state index in [4.69, 9.17) is 4.18 Å². The number of hydrogen-bond donors (Lipinski definition) is 0. The molecule has 0 unspecified atom stereocenters. The zero-order chi connectivity index (χ0) is 18.2. The highest BCUT2D eigenvalue weighted by Gasteiger charge is 2.46. The summed E-state index contributed by atoms with van der Waals surface area (Å²) >= 11 is 0. The first-order valence-corrected chi connectivity index (χ1v) is 10.2. The Bertz CT molecular complexity index is 792. The molecule has 0 spiro atoms. The first kappa shape index (κ1) is 17.9. The second-order valence-electron chi connectivity index (χ2n) is 6.49. The number of nitrogens with zero attached hydrogens (tertiary/aromatic N) is 2. The predicted octanol–water partition coefficient (Wildman–Crippen LogP) is 1.39. The molecule has 2 aliphatic heterocycles. The minimum absolute atomic E-state index is 0.0955. The van der Waals surface area contributed by atoms with Gasteiger partial charge in [0.1, 0.15) is 6.04 Å². The lowest BCUT2D eigenvalue weighted by atomic mass is 10.1. The Morgan fingerprint density at radius 1 is 1.24 bits per heavy atom. The van der Waals surface area contributed by atoms with Gasteiger partial charge in [0.2, 0.25) is 5.91 Å². The third kappa shape index (κ3) is 3.55. The lowest BCUT2D eigenvalue weighted by Gasteiger charge is -2.25. The molecule has 0 aromatic heterocycles. The molecular formula is C17H22N2O5S. The normalized spacial score (nSPS) is 23.4. The fourth-order valence-corrected chi connectivity index (χ4v) is 4.10. The molecule has 0 N–H and O–H groups in total. The number of carbonyl (C=O) groups is 2. The highest BCUT2D eigenvalue weighted by atomic mass is 32.2. The molecule has 0 bridgehead atoms. The molecule has 2 atom stereocenters. The van der Waals surface area contributed by atoms with Gasteiger partial charge in [-0.1, -0.05) is 25.5 Å². The molecule has 3 rings (SSSR count). The van der Waals surface area contributed by atoms with Gasteiger partial charge in [0, 0.05) is 19.5 Å². The van der Waals surface area contributed by atoms with E-state index in [1.807, 2.05) is 13.0 Å². The molecule has 2 amide bonds. The maximum atomic E-state index is 13.1. The molecule has 25 heavy (non-hydrogen) atoms. The Morgan fingerprint density at radius 3 is 2.64 bits per heavy atom. The molecule has 2 aliphatic rings. The van der Waals surface area contributed by atoms with E-state index in [0.29, 0.717) is 17.8 Å². The first-order chi connectivity index (χ1) is 11.8. The van der Waals surface area contributed by atoms with Crippen molar-refractivity contribution in [3.05, 3.63) is 29.8 Å². The number of benzene rings is 1. The summed E-state index contributed by atoms with van der Waals surface area (Å²) < 4.78 is 27.9. The summed E-state index contributed by atoms with van der Waals surface area (Å²) in [6.45, 7) is 2.66. The van der Waals surface area contributed by atoms with Crippen LogP contribution in [0.1, 0.15) is 36.5 Å². The predicted molar refractivity (Wildman–Crippen MR) is 92.9 cm³/mol. The van der Waals surface area contributed by atoms with Crippen LogP contribution in [0, 0.1) is 0 Å². The van der Waals surface area contributed by atoms with Crippen molar-refractivity contribution in [2.75, 3.05) is 24.2 Å². The highest BCUT2D eigenvalue weighted by molar-refractivity contribution is 7.86. The SMILES string of the molecule is CCCCN1C(=O)[C@@H]2C[C@@H](OS(C)(=O)=O)CN2C(=O)c2ccccc21. The quantitative estimate of drug-likeness (QED) is 0.736. The largest absolute Gasteiger partial charge is 0.324 e. The minimum atomic E-state index is -3.65. The molecule has 7 nitrogen and oxygen atoms in total. The van der Waals surface area contributed by atoms with Crippen LogP contribution in [0.25, 0.3) is 0 Å². The summed E-state index contributed by atoms with van der Waals surface area (Å²) in [7, 11) is -3.65. The lowest BCUT2D eigenvalue weighted by Crippen LogP contribution is -2.45. The van der Waals surface area contributed by atoms with Crippen LogP contribution in [0.3, 0.4) is 0 Å². The van der Waals surface area contributed by atoms with Crippen molar-refractivity contribution in [3.8, 4) is 0 Å². The first-order valence-electron chi connectivity index (χ1n) is 8.41. The minimum Gasteiger partial charge on any atom is -0.324 e. The highest BCUT2D eigenvalue weighted by Crippen LogP contribution is 2.33. The van der Waals surface area contributed by atoms with E-state index in [1.54, 1.807) is 23.1 Å². The van der Waals surface area contributed by atoms with Crippen LogP contribution in [0.4, 0.5) is 5.69 Å². The summed E-state index contributed by atoms with van der Waals surface area (Å²) in [4.78, 5) is 29.1. The number of para-hydroxylation sites is 1. The van der Waals surface area contributed by atoms with Crippen molar-refractivity contribution in [1.82, 2.24) is 4.90 Å². The molecule has 1 fully saturated rings. The molecule has 1 saturated heterocycles. The van der Waals surface area contributed by atoms with Crippen molar-refractivity contribution >= 4 is 27.6 Å². The van der Waals surface area contributed by atoms with E-state index >= 15 is 0 Å². The standard InChI is InChI=1S/C17H22N2O5S/c1-3-4-9-18-14-8-6-5-7-13(14)16(20)19-11-12(24-25(2,22)23)10-15(19)17(18)21/h5-8,12,15H,3-4,9-11H2,1-2H3/t12-,15+/m1/s1. The molecule has 0 radical (unpaired) electrons. The molecule has 1 aromatic rings. The fourth-order valence-electron chi connectivity index (χ4n) is 3.46. The third-order valence-corrected chi connectivity index (χ3v) is 5.17. The van der Waals surface area contributed by atoms with Crippen molar-refractivity contribution in [2.45, 2.75) is 38.3 Å². The molecule has 0 aliphatic carbocycles. The number of anilines is 1. The summed E-state index contributed by atoms with van der Waals surface area (Å²) in [5.74, 6) is -0.432. The topological polar surface area (TPSA) is 84.0 Å². The third-order valence-electron chi connectivity index (χ3n) is 4.55. The van der Waals surface area contributed by atoms with E-state index in [2.05, 4.69) is 0 Å². The Morgan fingerprint density at radius 2 is 1.96 bits per heavy atom. The van der Waals surface area contributed by atoms with Crippen LogP contribution < -0.4 is 4.90 Å². The molecule has 0 saturated carbocycles. The number of fused-ring (bicyclic) bond motifs is 2. The smallest absolute Gasteiger partial charge is 0.264 e. The number of amides is 2. The zero-order valence-electron chi connectivity index (χ0n) is 14.3. The van der Waals surface area contributed by atoms with Gasteiger partial charge < -0.3 is 9.80 Å². The van der Waals surface area contributed by atoms with E-state index in [-0.39, 0.29) is 24.8 Å². The average molecular weight is 366 g/mol. The van der Waals surface area contributed by atoms with Gasteiger partial charge in [0.05, 0.1) is 23.6 Å². The van der Waals surface area contributed by atoms with Crippen LogP contribution in [0.5, 0.6) is 0 Å². The van der Waals surface area contributed by atoms with Crippen LogP contribution in [0.2, 0.25) is 0 Å². The Balaban J connectivity index is 1.97. The van der Waals surface area contributed by atoms with Gasteiger partial charge in [-0.05, 0) is 18.6 Å². The number of rotatable bonds is 5. The van der Waals surface area contributed by atoms with Gasteiger partial charge in [0.25, 0.3) is 16.0 Å². The number of hydrogen-bond acceptors (Lipinski definition) is 5. The summed E-state index contributed by atoms with van der Waals surface area (Å²) in [6, 6.07) is 6.37. The van der Waals surface area contributed by atoms with Crippen LogP contribution in [-0.2, 0) is 19.1 Å². The fraction of sp³-hybridized carbons (Fsp3) is 0.529. The monoisotopic (exact) mass is 366 g/mol. The second kappa shape index (κ2) is 6.76. The average Bonchev–Trinajstić information content (AvgIpc) is 2.93.